The van der Waals surface area contributed by atoms with Gasteiger partial charge >= 0.3 is 0 Å². The summed E-state index contributed by atoms with van der Waals surface area (Å²) in [6, 6.07) is 0. The van der Waals surface area contributed by atoms with Crippen LogP contribution in [0.2, 0.25) is 0 Å². The van der Waals surface area contributed by atoms with Crippen LogP contribution in [0.1, 0.15) is 84.5 Å². The van der Waals surface area contributed by atoms with E-state index in [0.29, 0.717) is 0 Å². The Bertz CT molecular complexity index is 139. The zero-order valence-electron chi connectivity index (χ0n) is 10.9. The summed E-state index contributed by atoms with van der Waals surface area (Å²) in [5.74, 6) is 2.10. The first-order chi connectivity index (χ1) is 7.33. The van der Waals surface area contributed by atoms with E-state index >= 15 is 0 Å². The molecule has 0 aromatic rings. The second kappa shape index (κ2) is 8.19. The SMILES string of the molecule is CCCCCCCCC1CCCC(C)C1. The van der Waals surface area contributed by atoms with Gasteiger partial charge in [0.25, 0.3) is 0 Å². The van der Waals surface area contributed by atoms with E-state index in [0.717, 1.165) is 11.8 Å². The maximum atomic E-state index is 2.44. The molecule has 0 N–H and O–H groups in total. The van der Waals surface area contributed by atoms with Crippen molar-refractivity contribution < 1.29 is 0 Å². The third-order valence-corrected chi connectivity index (χ3v) is 4.01. The van der Waals surface area contributed by atoms with Gasteiger partial charge in [0, 0.05) is 0 Å². The molecule has 1 fully saturated rings. The van der Waals surface area contributed by atoms with E-state index in [1.165, 1.54) is 70.6 Å². The maximum absolute atomic E-state index is 2.44. The van der Waals surface area contributed by atoms with Crippen molar-refractivity contribution in [3.8, 4) is 0 Å². The average Bonchev–Trinajstić information content (AvgIpc) is 2.23. The van der Waals surface area contributed by atoms with E-state index in [1.807, 2.05) is 0 Å². The van der Waals surface area contributed by atoms with Gasteiger partial charge in [-0.2, -0.15) is 0 Å². The second-order valence-electron chi connectivity index (χ2n) is 5.69. The normalized spacial score (nSPS) is 26.8. The van der Waals surface area contributed by atoms with Gasteiger partial charge in [-0.1, -0.05) is 78.1 Å². The van der Waals surface area contributed by atoms with Crippen molar-refractivity contribution in [1.82, 2.24) is 0 Å². The van der Waals surface area contributed by atoms with E-state index in [4.69, 9.17) is 0 Å². The summed E-state index contributed by atoms with van der Waals surface area (Å²) < 4.78 is 0. The summed E-state index contributed by atoms with van der Waals surface area (Å²) in [6.07, 6.45) is 16.3. The summed E-state index contributed by atoms with van der Waals surface area (Å²) in [7, 11) is 0. The van der Waals surface area contributed by atoms with E-state index in [2.05, 4.69) is 13.8 Å². The molecule has 2 unspecified atom stereocenters. The Morgan fingerprint density at radius 1 is 0.933 bits per heavy atom. The number of hydrogen-bond acceptors (Lipinski definition) is 0. The predicted octanol–water partition coefficient (Wildman–Crippen LogP) is 5.56. The van der Waals surface area contributed by atoms with Gasteiger partial charge < -0.3 is 0 Å². The van der Waals surface area contributed by atoms with Crippen LogP contribution in [0.3, 0.4) is 0 Å². The Labute approximate surface area is 96.8 Å². The van der Waals surface area contributed by atoms with Crippen LogP contribution < -0.4 is 0 Å². The molecule has 1 aliphatic rings. The number of rotatable bonds is 7. The first-order valence-corrected chi connectivity index (χ1v) is 7.33. The lowest BCUT2D eigenvalue weighted by Gasteiger charge is -2.26. The van der Waals surface area contributed by atoms with E-state index in [1.54, 1.807) is 0 Å². The minimum absolute atomic E-state index is 1.02. The lowest BCUT2D eigenvalue weighted by atomic mass is 9.80. The summed E-state index contributed by atoms with van der Waals surface area (Å²) in [5, 5.41) is 0. The van der Waals surface area contributed by atoms with Crippen molar-refractivity contribution in [2.24, 2.45) is 11.8 Å². The highest BCUT2D eigenvalue weighted by Crippen LogP contribution is 2.31. The van der Waals surface area contributed by atoms with Crippen LogP contribution in [0.4, 0.5) is 0 Å². The molecule has 0 spiro atoms. The smallest absolute Gasteiger partial charge is 0.0412 e. The van der Waals surface area contributed by atoms with Gasteiger partial charge in [-0.25, -0.2) is 0 Å². The first kappa shape index (κ1) is 13.1. The third-order valence-electron chi connectivity index (χ3n) is 4.01. The fraction of sp³-hybridized carbons (Fsp3) is 1.00. The van der Waals surface area contributed by atoms with E-state index in [9.17, 15) is 0 Å². The topological polar surface area (TPSA) is 0 Å². The summed E-state index contributed by atoms with van der Waals surface area (Å²) >= 11 is 0. The quantitative estimate of drug-likeness (QED) is 0.482. The standard InChI is InChI=1S/C15H30/c1-3-4-5-6-7-8-11-15-12-9-10-14(2)13-15/h14-15H,3-13H2,1-2H3. The third kappa shape index (κ3) is 6.22. The van der Waals surface area contributed by atoms with E-state index in [-0.39, 0.29) is 0 Å². The molecule has 0 saturated heterocycles. The molecular weight excluding hydrogens is 180 g/mol. The molecule has 1 saturated carbocycles. The average molecular weight is 210 g/mol. The summed E-state index contributed by atoms with van der Waals surface area (Å²) in [6.45, 7) is 4.73. The Morgan fingerprint density at radius 2 is 1.67 bits per heavy atom. The van der Waals surface area contributed by atoms with Crippen molar-refractivity contribution in [3.05, 3.63) is 0 Å². The van der Waals surface area contributed by atoms with Crippen LogP contribution in [-0.2, 0) is 0 Å². The molecular formula is C15H30. The number of hydrogen-bond donors (Lipinski definition) is 0. The molecule has 0 aromatic carbocycles. The van der Waals surface area contributed by atoms with Crippen LogP contribution in [0.25, 0.3) is 0 Å². The van der Waals surface area contributed by atoms with Gasteiger partial charge in [-0.05, 0) is 18.3 Å². The molecule has 0 aliphatic heterocycles. The molecule has 0 aromatic heterocycles. The highest BCUT2D eigenvalue weighted by atomic mass is 14.2. The first-order valence-electron chi connectivity index (χ1n) is 7.33. The summed E-state index contributed by atoms with van der Waals surface area (Å²) in [4.78, 5) is 0. The molecule has 15 heavy (non-hydrogen) atoms. The Kier molecular flexibility index (Phi) is 7.13. The summed E-state index contributed by atoms with van der Waals surface area (Å²) in [5.41, 5.74) is 0. The van der Waals surface area contributed by atoms with Gasteiger partial charge in [0.15, 0.2) is 0 Å². The predicted molar refractivity (Wildman–Crippen MR) is 69.1 cm³/mol. The molecule has 0 heterocycles. The van der Waals surface area contributed by atoms with Gasteiger partial charge in [0.2, 0.25) is 0 Å². The van der Waals surface area contributed by atoms with Gasteiger partial charge in [0.1, 0.15) is 0 Å². The molecule has 0 nitrogen and oxygen atoms in total. The largest absolute Gasteiger partial charge is 0.0654 e. The Balaban J connectivity index is 1.90. The highest BCUT2D eigenvalue weighted by Gasteiger charge is 2.17. The minimum atomic E-state index is 1.02. The van der Waals surface area contributed by atoms with Crippen molar-refractivity contribution in [1.29, 1.82) is 0 Å². The Morgan fingerprint density at radius 3 is 2.40 bits per heavy atom. The van der Waals surface area contributed by atoms with Gasteiger partial charge in [-0.3, -0.25) is 0 Å². The molecule has 2 atom stereocenters. The maximum Gasteiger partial charge on any atom is -0.0412 e. The van der Waals surface area contributed by atoms with Crippen molar-refractivity contribution in [2.45, 2.75) is 84.5 Å². The zero-order chi connectivity index (χ0) is 10.9. The molecule has 1 rings (SSSR count). The molecule has 0 amide bonds. The molecule has 0 radical (unpaired) electrons. The second-order valence-corrected chi connectivity index (χ2v) is 5.69. The lowest BCUT2D eigenvalue weighted by Crippen LogP contribution is -2.12. The van der Waals surface area contributed by atoms with Gasteiger partial charge in [0.05, 0.1) is 0 Å². The molecule has 90 valence electrons. The van der Waals surface area contributed by atoms with Gasteiger partial charge in [-0.15, -0.1) is 0 Å². The monoisotopic (exact) mass is 210 g/mol. The van der Waals surface area contributed by atoms with Crippen LogP contribution in [-0.4, -0.2) is 0 Å². The fourth-order valence-electron chi connectivity index (χ4n) is 3.04. The zero-order valence-corrected chi connectivity index (χ0v) is 10.9. The van der Waals surface area contributed by atoms with Crippen LogP contribution in [0, 0.1) is 11.8 Å². The molecule has 0 heteroatoms. The lowest BCUT2D eigenvalue weighted by molar-refractivity contribution is 0.263. The van der Waals surface area contributed by atoms with Crippen LogP contribution in [0.15, 0.2) is 0 Å². The van der Waals surface area contributed by atoms with Crippen LogP contribution in [0.5, 0.6) is 0 Å². The molecule has 0 bridgehead atoms. The van der Waals surface area contributed by atoms with Crippen molar-refractivity contribution in [3.63, 3.8) is 0 Å². The van der Waals surface area contributed by atoms with Crippen LogP contribution >= 0.6 is 0 Å². The van der Waals surface area contributed by atoms with Crippen molar-refractivity contribution in [2.75, 3.05) is 0 Å². The number of unbranched alkanes of at least 4 members (excludes halogenated alkanes) is 5. The van der Waals surface area contributed by atoms with Crippen molar-refractivity contribution >= 4 is 0 Å². The van der Waals surface area contributed by atoms with E-state index < -0.39 is 0 Å². The minimum Gasteiger partial charge on any atom is -0.0654 e. The fourth-order valence-corrected chi connectivity index (χ4v) is 3.04. The Hall–Kier alpha value is 0. The highest BCUT2D eigenvalue weighted by molar-refractivity contribution is 4.70. The molecule has 1 aliphatic carbocycles.